The van der Waals surface area contributed by atoms with E-state index in [0.29, 0.717) is 25.7 Å². The molecule has 2 heterocycles. The number of nitrogens with zero attached hydrogens (tertiary/aromatic N) is 2. The van der Waals surface area contributed by atoms with Crippen LogP contribution in [0.2, 0.25) is 0 Å². The Balaban J connectivity index is 0.000000201. The molecular formula is C31H46N4O6. The summed E-state index contributed by atoms with van der Waals surface area (Å²) in [5.74, 6) is -1.18. The van der Waals surface area contributed by atoms with Gasteiger partial charge in [-0.05, 0) is 56.9 Å². The minimum Gasteiger partial charge on any atom is -0.480 e. The number of esters is 1. The molecule has 2 aliphatic carbocycles. The fourth-order valence-corrected chi connectivity index (χ4v) is 6.35. The number of carboxylic acid groups (broad SMARTS) is 1. The van der Waals surface area contributed by atoms with Crippen LogP contribution in [0.1, 0.15) is 95.5 Å². The van der Waals surface area contributed by atoms with E-state index in [1.165, 1.54) is 0 Å². The number of ether oxygens (including phenoxy) is 1. The maximum absolute atomic E-state index is 12.8. The number of carboxylic acids is 1. The zero-order valence-electron chi connectivity index (χ0n) is 24.2. The SMILES string of the molecule is O=C(NC1(C(=O)O)CCCCC1)N1CCCC1.O=C(NC1(C(=O)OCc2ccccc2)CCCCC1)N1CCCC1. The van der Waals surface area contributed by atoms with Crippen LogP contribution >= 0.6 is 0 Å². The lowest BCUT2D eigenvalue weighted by Crippen LogP contribution is -2.59. The molecule has 0 bridgehead atoms. The zero-order chi connectivity index (χ0) is 29.1. The summed E-state index contributed by atoms with van der Waals surface area (Å²) in [6, 6.07) is 9.33. The van der Waals surface area contributed by atoms with Crippen LogP contribution in [0.3, 0.4) is 0 Å². The van der Waals surface area contributed by atoms with E-state index in [-0.39, 0.29) is 24.6 Å². The van der Waals surface area contributed by atoms with Crippen molar-refractivity contribution in [3.63, 3.8) is 0 Å². The average molecular weight is 571 g/mol. The smallest absolute Gasteiger partial charge is 0.332 e. The quantitative estimate of drug-likeness (QED) is 0.421. The number of nitrogens with one attached hydrogen (secondary N) is 2. The van der Waals surface area contributed by atoms with Gasteiger partial charge in [0, 0.05) is 26.2 Å². The van der Waals surface area contributed by atoms with Gasteiger partial charge < -0.3 is 30.3 Å². The number of carbonyl (C=O) groups excluding carboxylic acids is 3. The van der Waals surface area contributed by atoms with Crippen LogP contribution in [0.4, 0.5) is 9.59 Å². The van der Waals surface area contributed by atoms with Crippen molar-refractivity contribution in [2.45, 2.75) is 108 Å². The Morgan fingerprint density at radius 1 is 0.659 bits per heavy atom. The summed E-state index contributed by atoms with van der Waals surface area (Å²) < 4.78 is 5.56. The Morgan fingerprint density at radius 2 is 1.10 bits per heavy atom. The van der Waals surface area contributed by atoms with Crippen LogP contribution in [-0.4, -0.2) is 76.2 Å². The number of hydrogen-bond acceptors (Lipinski definition) is 5. The number of aliphatic carboxylic acids is 1. The number of likely N-dealkylation sites (tertiary alicyclic amines) is 2. The number of rotatable bonds is 6. The highest BCUT2D eigenvalue weighted by atomic mass is 16.5. The van der Waals surface area contributed by atoms with Crippen LogP contribution in [-0.2, 0) is 20.9 Å². The molecule has 41 heavy (non-hydrogen) atoms. The second kappa shape index (κ2) is 14.5. The minimum absolute atomic E-state index is 0.119. The van der Waals surface area contributed by atoms with Crippen molar-refractivity contribution in [2.75, 3.05) is 26.2 Å². The van der Waals surface area contributed by atoms with Gasteiger partial charge in [-0.15, -0.1) is 0 Å². The summed E-state index contributed by atoms with van der Waals surface area (Å²) in [7, 11) is 0. The third-order valence-corrected chi connectivity index (χ3v) is 8.91. The largest absolute Gasteiger partial charge is 0.480 e. The van der Waals surface area contributed by atoms with Gasteiger partial charge in [0.25, 0.3) is 0 Å². The van der Waals surface area contributed by atoms with Crippen LogP contribution in [0.5, 0.6) is 0 Å². The maximum Gasteiger partial charge on any atom is 0.332 e. The first-order valence-corrected chi connectivity index (χ1v) is 15.4. The van der Waals surface area contributed by atoms with E-state index in [2.05, 4.69) is 10.6 Å². The zero-order valence-corrected chi connectivity index (χ0v) is 24.2. The summed E-state index contributed by atoms with van der Waals surface area (Å²) >= 11 is 0. The van der Waals surface area contributed by atoms with Crippen molar-refractivity contribution in [1.82, 2.24) is 20.4 Å². The fraction of sp³-hybridized carbons (Fsp3) is 0.677. The van der Waals surface area contributed by atoms with Crippen molar-refractivity contribution in [2.24, 2.45) is 0 Å². The standard InChI is InChI=1S/C19H26N2O3.C12H20N2O3/c22-17(24-15-16-9-3-1-4-10-16)19(11-5-2-6-12-19)20-18(23)21-13-7-8-14-21;15-10(16)12(6-2-1-3-7-12)13-11(17)14-8-4-5-9-14/h1,3-4,9-10H,2,5-8,11-15H2,(H,20,23);1-9H2,(H,13,17)(H,15,16). The van der Waals surface area contributed by atoms with E-state index in [0.717, 1.165) is 96.0 Å². The average Bonchev–Trinajstić information content (AvgIpc) is 3.73. The molecule has 0 radical (unpaired) electrons. The number of amides is 4. The molecule has 4 amide bonds. The van der Waals surface area contributed by atoms with Gasteiger partial charge in [-0.1, -0.05) is 68.9 Å². The monoisotopic (exact) mass is 570 g/mol. The molecule has 3 N–H and O–H groups in total. The van der Waals surface area contributed by atoms with Gasteiger partial charge in [-0.25, -0.2) is 19.2 Å². The summed E-state index contributed by atoms with van der Waals surface area (Å²) in [5, 5.41) is 15.1. The molecule has 0 spiro atoms. The fourth-order valence-electron chi connectivity index (χ4n) is 6.35. The molecule has 2 saturated heterocycles. The maximum atomic E-state index is 12.8. The molecule has 0 unspecified atom stereocenters. The van der Waals surface area contributed by atoms with E-state index in [1.807, 2.05) is 30.3 Å². The third-order valence-electron chi connectivity index (χ3n) is 8.91. The van der Waals surface area contributed by atoms with Gasteiger partial charge in [0.1, 0.15) is 17.7 Å². The molecule has 10 heteroatoms. The first kappa shape index (κ1) is 30.7. The van der Waals surface area contributed by atoms with Gasteiger partial charge in [-0.3, -0.25) is 0 Å². The summed E-state index contributed by atoms with van der Waals surface area (Å²) in [5.41, 5.74) is -0.910. The van der Waals surface area contributed by atoms with E-state index >= 15 is 0 Å². The van der Waals surface area contributed by atoms with Gasteiger partial charge in [0.15, 0.2) is 0 Å². The number of hydrogen-bond donors (Lipinski definition) is 3. The Hall–Kier alpha value is -3.30. The van der Waals surface area contributed by atoms with Crippen LogP contribution in [0, 0.1) is 0 Å². The van der Waals surface area contributed by atoms with E-state index in [4.69, 9.17) is 4.74 Å². The Kier molecular flexibility index (Phi) is 10.9. The topological polar surface area (TPSA) is 128 Å². The lowest BCUT2D eigenvalue weighted by atomic mass is 9.81. The van der Waals surface area contributed by atoms with Crippen LogP contribution in [0.25, 0.3) is 0 Å². The molecule has 4 aliphatic rings. The van der Waals surface area contributed by atoms with Crippen molar-refractivity contribution in [3.05, 3.63) is 35.9 Å². The van der Waals surface area contributed by atoms with Crippen molar-refractivity contribution >= 4 is 24.0 Å². The molecule has 226 valence electrons. The second-order valence-electron chi connectivity index (χ2n) is 11.9. The van der Waals surface area contributed by atoms with Crippen LogP contribution < -0.4 is 10.6 Å². The molecule has 5 rings (SSSR count). The van der Waals surface area contributed by atoms with Crippen LogP contribution in [0.15, 0.2) is 30.3 Å². The van der Waals surface area contributed by atoms with Gasteiger partial charge in [0.05, 0.1) is 0 Å². The first-order valence-electron chi connectivity index (χ1n) is 15.4. The lowest BCUT2D eigenvalue weighted by molar-refractivity contribution is -0.154. The van der Waals surface area contributed by atoms with E-state index < -0.39 is 17.0 Å². The van der Waals surface area contributed by atoms with Crippen molar-refractivity contribution in [3.8, 4) is 0 Å². The molecule has 4 fully saturated rings. The molecule has 2 aliphatic heterocycles. The van der Waals surface area contributed by atoms with Gasteiger partial charge >= 0.3 is 24.0 Å². The van der Waals surface area contributed by atoms with Crippen molar-refractivity contribution in [1.29, 1.82) is 0 Å². The summed E-state index contributed by atoms with van der Waals surface area (Å²) in [4.78, 5) is 52.2. The normalized spacial score (nSPS) is 21.3. The Labute approximate surface area is 243 Å². The van der Waals surface area contributed by atoms with Gasteiger partial charge in [-0.2, -0.15) is 0 Å². The third kappa shape index (κ3) is 8.14. The Morgan fingerprint density at radius 3 is 1.56 bits per heavy atom. The van der Waals surface area contributed by atoms with Gasteiger partial charge in [0.2, 0.25) is 0 Å². The highest BCUT2D eigenvalue weighted by Crippen LogP contribution is 2.31. The minimum atomic E-state index is -1.02. The number of urea groups is 2. The molecule has 0 atom stereocenters. The van der Waals surface area contributed by atoms with E-state index in [1.54, 1.807) is 9.80 Å². The number of carbonyl (C=O) groups is 4. The predicted molar refractivity (Wildman–Crippen MR) is 154 cm³/mol. The lowest BCUT2D eigenvalue weighted by Gasteiger charge is -2.36. The molecular weight excluding hydrogens is 524 g/mol. The molecule has 1 aromatic rings. The van der Waals surface area contributed by atoms with E-state index in [9.17, 15) is 24.3 Å². The van der Waals surface area contributed by atoms with Crippen molar-refractivity contribution < 1.29 is 29.0 Å². The highest BCUT2D eigenvalue weighted by molar-refractivity contribution is 5.88. The highest BCUT2D eigenvalue weighted by Gasteiger charge is 2.44. The molecule has 0 aromatic heterocycles. The summed E-state index contributed by atoms with van der Waals surface area (Å²) in [6.07, 6.45) is 12.4. The second-order valence-corrected chi connectivity index (χ2v) is 11.9. The molecule has 2 saturated carbocycles. The first-order chi connectivity index (χ1) is 19.8. The summed E-state index contributed by atoms with van der Waals surface area (Å²) in [6.45, 7) is 3.31. The molecule has 10 nitrogen and oxygen atoms in total. The Bertz CT molecular complexity index is 1020. The number of benzene rings is 1. The molecule has 1 aromatic carbocycles. The predicted octanol–water partition coefficient (Wildman–Crippen LogP) is 4.82.